The van der Waals surface area contributed by atoms with E-state index in [0.29, 0.717) is 5.95 Å². The van der Waals surface area contributed by atoms with Crippen LogP contribution in [0.3, 0.4) is 0 Å². The van der Waals surface area contributed by atoms with Gasteiger partial charge in [0.25, 0.3) is 0 Å². The molecule has 0 aliphatic heterocycles. The summed E-state index contributed by atoms with van der Waals surface area (Å²) in [4.78, 5) is 9.23. The Morgan fingerprint density at radius 2 is 1.58 bits per heavy atom. The first-order valence-electron chi connectivity index (χ1n) is 9.93. The van der Waals surface area contributed by atoms with Gasteiger partial charge in [0, 0.05) is 17.0 Å². The summed E-state index contributed by atoms with van der Waals surface area (Å²) in [6.45, 7) is 8.61. The van der Waals surface area contributed by atoms with E-state index in [2.05, 4.69) is 71.6 Å². The second-order valence-electron chi connectivity index (χ2n) is 6.74. The van der Waals surface area contributed by atoms with Crippen molar-refractivity contribution < 1.29 is 0 Å². The van der Waals surface area contributed by atoms with Crippen molar-refractivity contribution in [3.8, 4) is 0 Å². The Balaban J connectivity index is 2.20. The SMILES string of the molecule is CCCCc1ccccc1C(C)=NNc1nc(CCC)cc(CCC)n1. The molecular formula is C22H32N4. The molecule has 1 aromatic heterocycles. The molecule has 140 valence electrons. The third-order valence-corrected chi connectivity index (χ3v) is 4.37. The molecule has 0 bridgehead atoms. The van der Waals surface area contributed by atoms with Crippen LogP contribution in [0.25, 0.3) is 0 Å². The monoisotopic (exact) mass is 352 g/mol. The minimum atomic E-state index is 0.602. The maximum atomic E-state index is 4.61. The molecule has 1 heterocycles. The molecule has 2 aromatic rings. The van der Waals surface area contributed by atoms with E-state index in [1.165, 1.54) is 24.0 Å². The van der Waals surface area contributed by atoms with Gasteiger partial charge < -0.3 is 0 Å². The van der Waals surface area contributed by atoms with E-state index in [4.69, 9.17) is 0 Å². The van der Waals surface area contributed by atoms with Crippen LogP contribution in [0, 0.1) is 0 Å². The first-order chi connectivity index (χ1) is 12.7. The van der Waals surface area contributed by atoms with Gasteiger partial charge in [0.05, 0.1) is 5.71 Å². The van der Waals surface area contributed by atoms with Crippen molar-refractivity contribution >= 4 is 11.7 Å². The molecule has 0 saturated heterocycles. The molecule has 1 aromatic carbocycles. The summed E-state index contributed by atoms with van der Waals surface area (Å²) in [6, 6.07) is 10.6. The smallest absolute Gasteiger partial charge is 0.243 e. The zero-order valence-electron chi connectivity index (χ0n) is 16.7. The molecule has 26 heavy (non-hydrogen) atoms. The minimum Gasteiger partial charge on any atom is -0.245 e. The van der Waals surface area contributed by atoms with Crippen LogP contribution in [-0.4, -0.2) is 15.7 Å². The summed E-state index contributed by atoms with van der Waals surface area (Å²) in [5.74, 6) is 0.602. The highest BCUT2D eigenvalue weighted by Crippen LogP contribution is 2.14. The fourth-order valence-corrected chi connectivity index (χ4v) is 3.02. The quantitative estimate of drug-likeness (QED) is 0.450. The Morgan fingerprint density at radius 3 is 2.19 bits per heavy atom. The first kappa shape index (κ1) is 20.1. The number of anilines is 1. The third-order valence-electron chi connectivity index (χ3n) is 4.37. The predicted molar refractivity (Wildman–Crippen MR) is 111 cm³/mol. The average molecular weight is 353 g/mol. The summed E-state index contributed by atoms with van der Waals surface area (Å²) < 4.78 is 0. The number of hydrazone groups is 1. The fraction of sp³-hybridized carbons (Fsp3) is 0.500. The highest BCUT2D eigenvalue weighted by Gasteiger charge is 2.07. The van der Waals surface area contributed by atoms with Crippen molar-refractivity contribution in [1.29, 1.82) is 0 Å². The maximum Gasteiger partial charge on any atom is 0.243 e. The topological polar surface area (TPSA) is 50.2 Å². The molecule has 0 saturated carbocycles. The molecule has 4 heteroatoms. The minimum absolute atomic E-state index is 0.602. The van der Waals surface area contributed by atoms with Gasteiger partial charge >= 0.3 is 0 Å². The number of nitrogens with one attached hydrogen (secondary N) is 1. The van der Waals surface area contributed by atoms with Crippen molar-refractivity contribution in [1.82, 2.24) is 9.97 Å². The Labute approximate surface area is 158 Å². The highest BCUT2D eigenvalue weighted by atomic mass is 15.4. The summed E-state index contributed by atoms with van der Waals surface area (Å²) in [6.07, 6.45) is 7.57. The maximum absolute atomic E-state index is 4.61. The summed E-state index contributed by atoms with van der Waals surface area (Å²) in [5.41, 5.74) is 8.79. The highest BCUT2D eigenvalue weighted by molar-refractivity contribution is 6.00. The Hall–Kier alpha value is -2.23. The number of nitrogens with zero attached hydrogens (tertiary/aromatic N) is 3. The van der Waals surface area contributed by atoms with Gasteiger partial charge in [-0.15, -0.1) is 0 Å². The lowest BCUT2D eigenvalue weighted by atomic mass is 9.99. The van der Waals surface area contributed by atoms with Crippen LogP contribution >= 0.6 is 0 Å². The van der Waals surface area contributed by atoms with Crippen LogP contribution in [0.1, 0.15) is 75.9 Å². The van der Waals surface area contributed by atoms with Gasteiger partial charge in [0.1, 0.15) is 0 Å². The number of hydrogen-bond acceptors (Lipinski definition) is 4. The first-order valence-corrected chi connectivity index (χ1v) is 9.93. The summed E-state index contributed by atoms with van der Waals surface area (Å²) in [5, 5.41) is 4.58. The van der Waals surface area contributed by atoms with E-state index in [0.717, 1.165) is 49.2 Å². The van der Waals surface area contributed by atoms with Crippen molar-refractivity contribution in [3.63, 3.8) is 0 Å². The van der Waals surface area contributed by atoms with Crippen LogP contribution in [0.5, 0.6) is 0 Å². The van der Waals surface area contributed by atoms with Crippen molar-refractivity contribution in [2.24, 2.45) is 5.10 Å². The van der Waals surface area contributed by atoms with Crippen LogP contribution in [0.15, 0.2) is 35.4 Å². The summed E-state index contributed by atoms with van der Waals surface area (Å²) in [7, 11) is 0. The van der Waals surface area contributed by atoms with Crippen molar-refractivity contribution in [2.45, 2.75) is 72.6 Å². The van der Waals surface area contributed by atoms with Gasteiger partial charge in [-0.25, -0.2) is 15.4 Å². The Kier molecular flexibility index (Phi) is 8.26. The lowest BCUT2D eigenvalue weighted by Crippen LogP contribution is -2.07. The molecule has 0 fully saturated rings. The lowest BCUT2D eigenvalue weighted by molar-refractivity contribution is 0.794. The van der Waals surface area contributed by atoms with Gasteiger partial charge in [0.15, 0.2) is 0 Å². The van der Waals surface area contributed by atoms with E-state index in [1.807, 2.05) is 6.92 Å². The fourth-order valence-electron chi connectivity index (χ4n) is 3.02. The molecular weight excluding hydrogens is 320 g/mol. The third kappa shape index (κ3) is 5.94. The molecule has 0 aliphatic carbocycles. The Morgan fingerprint density at radius 1 is 0.923 bits per heavy atom. The normalized spacial score (nSPS) is 11.6. The van der Waals surface area contributed by atoms with Gasteiger partial charge in [-0.2, -0.15) is 5.10 Å². The molecule has 0 radical (unpaired) electrons. The lowest BCUT2D eigenvalue weighted by Gasteiger charge is -2.10. The van der Waals surface area contributed by atoms with Crippen LogP contribution in [0.4, 0.5) is 5.95 Å². The molecule has 0 atom stereocenters. The Bertz CT molecular complexity index is 698. The van der Waals surface area contributed by atoms with Crippen LogP contribution in [-0.2, 0) is 19.3 Å². The van der Waals surface area contributed by atoms with Crippen LogP contribution < -0.4 is 5.43 Å². The van der Waals surface area contributed by atoms with Crippen molar-refractivity contribution in [2.75, 3.05) is 5.43 Å². The van der Waals surface area contributed by atoms with E-state index >= 15 is 0 Å². The molecule has 0 amide bonds. The number of rotatable bonds is 10. The van der Waals surface area contributed by atoms with E-state index < -0.39 is 0 Å². The number of aromatic nitrogens is 2. The molecule has 0 spiro atoms. The van der Waals surface area contributed by atoms with Gasteiger partial charge in [-0.05, 0) is 44.2 Å². The number of benzene rings is 1. The van der Waals surface area contributed by atoms with E-state index in [1.54, 1.807) is 0 Å². The zero-order chi connectivity index (χ0) is 18.8. The second kappa shape index (κ2) is 10.7. The summed E-state index contributed by atoms with van der Waals surface area (Å²) >= 11 is 0. The van der Waals surface area contributed by atoms with Gasteiger partial charge in [0.2, 0.25) is 5.95 Å². The van der Waals surface area contributed by atoms with Gasteiger partial charge in [-0.1, -0.05) is 64.3 Å². The predicted octanol–water partition coefficient (Wildman–Crippen LogP) is 5.56. The molecule has 4 nitrogen and oxygen atoms in total. The second-order valence-corrected chi connectivity index (χ2v) is 6.74. The number of unbranched alkanes of at least 4 members (excludes halogenated alkanes) is 1. The van der Waals surface area contributed by atoms with E-state index in [-0.39, 0.29) is 0 Å². The van der Waals surface area contributed by atoms with Crippen LogP contribution in [0.2, 0.25) is 0 Å². The molecule has 0 aliphatic rings. The standard InChI is InChI=1S/C22H32N4/c1-5-8-13-18-14-9-10-15-21(18)17(4)25-26-22-23-19(11-6-2)16-20(24-22)12-7-3/h9-10,14-16H,5-8,11-13H2,1-4H3,(H,23,24,26). The van der Waals surface area contributed by atoms with Gasteiger partial charge in [-0.3, -0.25) is 0 Å². The largest absolute Gasteiger partial charge is 0.245 e. The molecule has 0 unspecified atom stereocenters. The number of hydrogen-bond donors (Lipinski definition) is 1. The van der Waals surface area contributed by atoms with E-state index in [9.17, 15) is 0 Å². The zero-order valence-corrected chi connectivity index (χ0v) is 16.7. The average Bonchev–Trinajstić information content (AvgIpc) is 2.65. The number of aryl methyl sites for hydroxylation is 3. The molecule has 1 N–H and O–H groups in total. The van der Waals surface area contributed by atoms with Crippen molar-refractivity contribution in [3.05, 3.63) is 52.8 Å². The molecule has 2 rings (SSSR count).